The lowest BCUT2D eigenvalue weighted by molar-refractivity contribution is 0.0692. The first-order chi connectivity index (χ1) is 14.6. The summed E-state index contributed by atoms with van der Waals surface area (Å²) in [6, 6.07) is 13.8. The van der Waals surface area contributed by atoms with Crippen molar-refractivity contribution in [2.75, 3.05) is 0 Å². The summed E-state index contributed by atoms with van der Waals surface area (Å²) in [6.07, 6.45) is 5.54. The zero-order valence-corrected chi connectivity index (χ0v) is 16.8. The van der Waals surface area contributed by atoms with Gasteiger partial charge in [0.1, 0.15) is 11.5 Å². The predicted molar refractivity (Wildman–Crippen MR) is 115 cm³/mol. The molecular formula is C22H15ClFN5O2. The molecule has 0 saturated heterocycles. The molecule has 5 aromatic rings. The van der Waals surface area contributed by atoms with Crippen LogP contribution in [0.2, 0.25) is 0 Å². The van der Waals surface area contributed by atoms with Crippen molar-refractivity contribution in [1.82, 2.24) is 24.6 Å². The van der Waals surface area contributed by atoms with Gasteiger partial charge in [0.2, 0.25) is 0 Å². The van der Waals surface area contributed by atoms with Crippen molar-refractivity contribution in [3.63, 3.8) is 0 Å². The molecule has 0 aliphatic heterocycles. The average molecular weight is 436 g/mol. The molecule has 0 aliphatic rings. The molecule has 3 heterocycles. The van der Waals surface area contributed by atoms with E-state index in [4.69, 9.17) is 5.11 Å². The molecule has 0 amide bonds. The second-order valence-corrected chi connectivity index (χ2v) is 6.81. The highest BCUT2D eigenvalue weighted by molar-refractivity contribution is 5.88. The summed E-state index contributed by atoms with van der Waals surface area (Å²) in [5, 5.41) is 14.6. The Kier molecular flexibility index (Phi) is 5.31. The molecule has 9 heteroatoms. The van der Waals surface area contributed by atoms with Crippen molar-refractivity contribution in [2.24, 2.45) is 0 Å². The Morgan fingerprint density at radius 1 is 1.03 bits per heavy atom. The first kappa shape index (κ1) is 20.4. The maximum absolute atomic E-state index is 14.1. The van der Waals surface area contributed by atoms with Crippen molar-refractivity contribution in [1.29, 1.82) is 0 Å². The van der Waals surface area contributed by atoms with Gasteiger partial charge in [0.15, 0.2) is 0 Å². The lowest BCUT2D eigenvalue weighted by atomic mass is 10.1. The summed E-state index contributed by atoms with van der Waals surface area (Å²) < 4.78 is 15.7. The van der Waals surface area contributed by atoms with Gasteiger partial charge in [0.05, 0.1) is 29.2 Å². The molecule has 0 saturated carbocycles. The van der Waals surface area contributed by atoms with Gasteiger partial charge in [0.25, 0.3) is 5.78 Å². The zero-order valence-electron chi connectivity index (χ0n) is 15.9. The monoisotopic (exact) mass is 435 g/mol. The van der Waals surface area contributed by atoms with E-state index in [1.807, 2.05) is 24.3 Å². The van der Waals surface area contributed by atoms with E-state index in [1.54, 1.807) is 16.9 Å². The first-order valence-corrected chi connectivity index (χ1v) is 9.15. The Bertz CT molecular complexity index is 1440. The van der Waals surface area contributed by atoms with Gasteiger partial charge in [-0.2, -0.15) is 5.10 Å². The average Bonchev–Trinajstić information content (AvgIpc) is 3.15. The third-order valence-electron chi connectivity index (χ3n) is 4.85. The van der Waals surface area contributed by atoms with Crippen LogP contribution in [0.25, 0.3) is 27.9 Å². The predicted octanol–water partition coefficient (Wildman–Crippen LogP) is 4.19. The van der Waals surface area contributed by atoms with E-state index in [0.717, 1.165) is 28.2 Å². The number of nitrogens with zero attached hydrogens (tertiary/aromatic N) is 5. The Morgan fingerprint density at radius 3 is 2.68 bits per heavy atom. The minimum Gasteiger partial charge on any atom is -0.478 e. The highest BCUT2D eigenvalue weighted by atomic mass is 35.5. The largest absolute Gasteiger partial charge is 0.478 e. The fourth-order valence-corrected chi connectivity index (χ4v) is 3.36. The number of hydrogen-bond acceptors (Lipinski definition) is 5. The number of fused-ring (bicyclic) bond motifs is 2. The van der Waals surface area contributed by atoms with E-state index in [-0.39, 0.29) is 18.0 Å². The van der Waals surface area contributed by atoms with Gasteiger partial charge in [-0.3, -0.25) is 4.98 Å². The highest BCUT2D eigenvalue weighted by Gasteiger charge is 2.14. The van der Waals surface area contributed by atoms with Crippen LogP contribution in [0, 0.1) is 5.82 Å². The number of benzene rings is 2. The minimum absolute atomic E-state index is 0. The van der Waals surface area contributed by atoms with Crippen LogP contribution < -0.4 is 0 Å². The van der Waals surface area contributed by atoms with Crippen LogP contribution in [0.4, 0.5) is 4.39 Å². The normalized spacial score (nSPS) is 10.9. The molecule has 0 radical (unpaired) electrons. The summed E-state index contributed by atoms with van der Waals surface area (Å²) in [6.45, 7) is 0. The maximum atomic E-state index is 14.1. The second-order valence-electron chi connectivity index (χ2n) is 6.81. The number of rotatable bonds is 4. The van der Waals surface area contributed by atoms with Gasteiger partial charge in [-0.1, -0.05) is 18.2 Å². The summed E-state index contributed by atoms with van der Waals surface area (Å²) in [5.74, 6) is -1.71. The van der Waals surface area contributed by atoms with Crippen molar-refractivity contribution >= 4 is 35.1 Å². The van der Waals surface area contributed by atoms with Gasteiger partial charge in [0, 0.05) is 23.6 Å². The Labute approximate surface area is 181 Å². The lowest BCUT2D eigenvalue weighted by Crippen LogP contribution is -2.03. The number of aromatic nitrogens is 5. The van der Waals surface area contributed by atoms with Crippen molar-refractivity contribution in [3.8, 4) is 11.3 Å². The van der Waals surface area contributed by atoms with Crippen molar-refractivity contribution in [2.45, 2.75) is 6.42 Å². The first-order valence-electron chi connectivity index (χ1n) is 9.15. The van der Waals surface area contributed by atoms with Crippen LogP contribution in [0.3, 0.4) is 0 Å². The van der Waals surface area contributed by atoms with Crippen LogP contribution in [0.5, 0.6) is 0 Å². The number of carboxylic acid groups (broad SMARTS) is 1. The van der Waals surface area contributed by atoms with E-state index >= 15 is 0 Å². The number of imidazole rings is 1. The standard InChI is InChI=1S/C22H14FN5O2.ClH/c23-18-10-15(4-5-17(18)21(29)30)20-12-26-22-25-11-16(28(22)27-20)9-13-3-6-19-14(8-13)2-1-7-24-19;/h1-8,10-12H,9H2,(H,29,30);1H. The smallest absolute Gasteiger partial charge is 0.338 e. The molecule has 1 N–H and O–H groups in total. The van der Waals surface area contributed by atoms with Crippen LogP contribution in [0.15, 0.2) is 67.1 Å². The molecule has 5 rings (SSSR count). The molecule has 0 atom stereocenters. The molecule has 31 heavy (non-hydrogen) atoms. The molecular weight excluding hydrogens is 421 g/mol. The molecule has 0 unspecified atom stereocenters. The number of aromatic carboxylic acids is 1. The van der Waals surface area contributed by atoms with Gasteiger partial charge < -0.3 is 5.11 Å². The Morgan fingerprint density at radius 2 is 1.87 bits per heavy atom. The zero-order chi connectivity index (χ0) is 20.7. The molecule has 0 spiro atoms. The summed E-state index contributed by atoms with van der Waals surface area (Å²) in [4.78, 5) is 23.9. The van der Waals surface area contributed by atoms with E-state index in [0.29, 0.717) is 23.5 Å². The van der Waals surface area contributed by atoms with E-state index in [2.05, 4.69) is 26.1 Å². The summed E-state index contributed by atoms with van der Waals surface area (Å²) in [7, 11) is 0. The Hall–Kier alpha value is -3.91. The second kappa shape index (κ2) is 8.08. The number of carboxylic acids is 1. The Balaban J connectivity index is 0.00000231. The van der Waals surface area contributed by atoms with Gasteiger partial charge in [-0.15, -0.1) is 12.4 Å². The molecule has 7 nitrogen and oxygen atoms in total. The van der Waals surface area contributed by atoms with E-state index in [9.17, 15) is 9.18 Å². The highest BCUT2D eigenvalue weighted by Crippen LogP contribution is 2.21. The fourth-order valence-electron chi connectivity index (χ4n) is 3.36. The van der Waals surface area contributed by atoms with Gasteiger partial charge >= 0.3 is 5.97 Å². The van der Waals surface area contributed by atoms with Crippen LogP contribution >= 0.6 is 12.4 Å². The van der Waals surface area contributed by atoms with Crippen LogP contribution in [0.1, 0.15) is 21.6 Å². The fraction of sp³-hybridized carbons (Fsp3) is 0.0455. The van der Waals surface area contributed by atoms with E-state index in [1.165, 1.54) is 18.3 Å². The molecule has 2 aromatic carbocycles. The number of pyridine rings is 1. The third kappa shape index (κ3) is 3.80. The van der Waals surface area contributed by atoms with Crippen LogP contribution in [-0.2, 0) is 6.42 Å². The maximum Gasteiger partial charge on any atom is 0.338 e. The minimum atomic E-state index is -1.32. The topological polar surface area (TPSA) is 93.3 Å². The number of hydrogen-bond donors (Lipinski definition) is 1. The number of halogens is 2. The lowest BCUT2D eigenvalue weighted by Gasteiger charge is -2.06. The van der Waals surface area contributed by atoms with Gasteiger partial charge in [-0.05, 0) is 35.9 Å². The SMILES string of the molecule is Cl.O=C(O)c1ccc(-c2cnc3ncc(Cc4ccc5ncccc5c4)n3n2)cc1F. The van der Waals surface area contributed by atoms with E-state index < -0.39 is 11.8 Å². The molecule has 0 fully saturated rings. The molecule has 0 bridgehead atoms. The van der Waals surface area contributed by atoms with Crippen molar-refractivity contribution < 1.29 is 14.3 Å². The van der Waals surface area contributed by atoms with Crippen molar-refractivity contribution in [3.05, 3.63) is 89.8 Å². The van der Waals surface area contributed by atoms with Crippen LogP contribution in [-0.4, -0.2) is 35.6 Å². The molecule has 3 aromatic heterocycles. The summed E-state index contributed by atoms with van der Waals surface area (Å²) in [5.41, 5.74) is 3.28. The van der Waals surface area contributed by atoms with Gasteiger partial charge in [-0.25, -0.2) is 23.7 Å². The number of carbonyl (C=O) groups is 1. The molecule has 0 aliphatic carbocycles. The molecule has 154 valence electrons. The summed E-state index contributed by atoms with van der Waals surface area (Å²) >= 11 is 0. The quantitative estimate of drug-likeness (QED) is 0.455. The third-order valence-corrected chi connectivity index (χ3v) is 4.85.